The van der Waals surface area contributed by atoms with Gasteiger partial charge in [-0.25, -0.2) is 0 Å². The van der Waals surface area contributed by atoms with Gasteiger partial charge in [0.15, 0.2) is 0 Å². The van der Waals surface area contributed by atoms with Gasteiger partial charge in [0, 0.05) is 21.2 Å². The zero-order chi connectivity index (χ0) is 12.7. The fourth-order valence-electron chi connectivity index (χ4n) is 1.49. The van der Waals surface area contributed by atoms with Crippen LogP contribution in [0.3, 0.4) is 0 Å². The number of halogens is 1. The Kier molecular flexibility index (Phi) is 6.93. The summed E-state index contributed by atoms with van der Waals surface area (Å²) in [5.74, 6) is 1.10. The summed E-state index contributed by atoms with van der Waals surface area (Å²) < 4.78 is 1.14. The summed E-state index contributed by atoms with van der Waals surface area (Å²) in [7, 11) is 2.03. The Bertz CT molecular complexity index is 365. The van der Waals surface area contributed by atoms with E-state index in [0.29, 0.717) is 6.04 Å². The molecule has 0 saturated heterocycles. The first-order chi connectivity index (χ1) is 8.11. The molecule has 0 saturated carbocycles. The second-order valence-electron chi connectivity index (χ2n) is 4.25. The predicted octanol–water partition coefficient (Wildman–Crippen LogP) is 4.49. The number of nitrogens with one attached hydrogen (secondary N) is 1. The lowest BCUT2D eigenvalue weighted by Crippen LogP contribution is -2.27. The van der Waals surface area contributed by atoms with Crippen LogP contribution in [-0.2, 0) is 0 Å². The minimum atomic E-state index is 0.552. The van der Waals surface area contributed by atoms with Crippen LogP contribution in [0.4, 0.5) is 0 Å². The molecular formula is C14H20BrNS. The quantitative estimate of drug-likeness (QED) is 0.588. The van der Waals surface area contributed by atoms with Gasteiger partial charge in [-0.3, -0.25) is 0 Å². The van der Waals surface area contributed by atoms with Gasteiger partial charge >= 0.3 is 0 Å². The van der Waals surface area contributed by atoms with Gasteiger partial charge in [0.25, 0.3) is 0 Å². The maximum absolute atomic E-state index is 3.95. The Balaban J connectivity index is 2.39. The molecule has 0 aliphatic rings. The first kappa shape index (κ1) is 14.8. The third-order valence-electron chi connectivity index (χ3n) is 2.58. The molecule has 1 aromatic rings. The number of benzene rings is 1. The smallest absolute Gasteiger partial charge is 0.0186 e. The van der Waals surface area contributed by atoms with Crippen LogP contribution in [0.15, 0.2) is 45.8 Å². The average molecular weight is 314 g/mol. The standard InChI is InChI=1S/C14H20BrNS/c1-11(2)7-8-13(16-3)10-17-14-6-4-5-12(15)9-14/h4-6,9,13,16H,1,7-8,10H2,2-3H3. The van der Waals surface area contributed by atoms with Crippen LogP contribution >= 0.6 is 27.7 Å². The normalized spacial score (nSPS) is 12.4. The number of rotatable bonds is 7. The van der Waals surface area contributed by atoms with Gasteiger partial charge in [-0.05, 0) is 45.0 Å². The molecule has 0 aromatic heterocycles. The minimum absolute atomic E-state index is 0.552. The van der Waals surface area contributed by atoms with E-state index in [0.717, 1.165) is 23.1 Å². The SMILES string of the molecule is C=C(C)CCC(CSc1cccc(Br)c1)NC. The largest absolute Gasteiger partial charge is 0.316 e. The summed E-state index contributed by atoms with van der Waals surface area (Å²) in [5.41, 5.74) is 1.26. The van der Waals surface area contributed by atoms with E-state index in [2.05, 4.69) is 59.0 Å². The van der Waals surface area contributed by atoms with E-state index < -0.39 is 0 Å². The second kappa shape index (κ2) is 7.96. The summed E-state index contributed by atoms with van der Waals surface area (Å²) in [6, 6.07) is 9.00. The van der Waals surface area contributed by atoms with Crippen molar-refractivity contribution in [1.29, 1.82) is 0 Å². The van der Waals surface area contributed by atoms with Crippen LogP contribution in [0.25, 0.3) is 0 Å². The molecule has 1 aromatic carbocycles. The molecule has 1 unspecified atom stereocenters. The highest BCUT2D eigenvalue weighted by molar-refractivity contribution is 9.10. The van der Waals surface area contributed by atoms with Crippen LogP contribution in [0.2, 0.25) is 0 Å². The third-order valence-corrected chi connectivity index (χ3v) is 4.22. The van der Waals surface area contributed by atoms with Crippen molar-refractivity contribution >= 4 is 27.7 Å². The predicted molar refractivity (Wildman–Crippen MR) is 81.8 cm³/mol. The maximum Gasteiger partial charge on any atom is 0.0186 e. The van der Waals surface area contributed by atoms with E-state index in [1.54, 1.807) is 0 Å². The zero-order valence-corrected chi connectivity index (χ0v) is 12.9. The van der Waals surface area contributed by atoms with Crippen LogP contribution < -0.4 is 5.32 Å². The molecule has 0 spiro atoms. The number of hydrogen-bond acceptors (Lipinski definition) is 2. The lowest BCUT2D eigenvalue weighted by molar-refractivity contribution is 0.571. The topological polar surface area (TPSA) is 12.0 Å². The fourth-order valence-corrected chi connectivity index (χ4v) is 3.15. The highest BCUT2D eigenvalue weighted by Crippen LogP contribution is 2.23. The molecule has 17 heavy (non-hydrogen) atoms. The van der Waals surface area contributed by atoms with E-state index in [1.165, 1.54) is 10.5 Å². The van der Waals surface area contributed by atoms with Crippen LogP contribution in [0.5, 0.6) is 0 Å². The molecule has 1 atom stereocenters. The van der Waals surface area contributed by atoms with E-state index in [9.17, 15) is 0 Å². The van der Waals surface area contributed by atoms with Crippen LogP contribution in [0, 0.1) is 0 Å². The molecular weight excluding hydrogens is 294 g/mol. The van der Waals surface area contributed by atoms with Crippen LogP contribution in [-0.4, -0.2) is 18.8 Å². The van der Waals surface area contributed by atoms with E-state index >= 15 is 0 Å². The van der Waals surface area contributed by atoms with Gasteiger partial charge in [-0.2, -0.15) is 0 Å². The van der Waals surface area contributed by atoms with Crippen molar-refractivity contribution in [2.24, 2.45) is 0 Å². The van der Waals surface area contributed by atoms with Crippen LogP contribution in [0.1, 0.15) is 19.8 Å². The molecule has 1 rings (SSSR count). The monoisotopic (exact) mass is 313 g/mol. The number of allylic oxidation sites excluding steroid dienone is 1. The van der Waals surface area contributed by atoms with E-state index in [4.69, 9.17) is 0 Å². The zero-order valence-electron chi connectivity index (χ0n) is 10.5. The lowest BCUT2D eigenvalue weighted by Gasteiger charge is -2.15. The Morgan fingerprint density at radius 1 is 1.53 bits per heavy atom. The van der Waals surface area contributed by atoms with Gasteiger partial charge in [0.1, 0.15) is 0 Å². The molecule has 1 N–H and O–H groups in total. The summed E-state index contributed by atoms with van der Waals surface area (Å²) in [6.45, 7) is 6.04. The molecule has 3 heteroatoms. The highest BCUT2D eigenvalue weighted by Gasteiger charge is 2.06. The second-order valence-corrected chi connectivity index (χ2v) is 6.26. The Hall–Kier alpha value is -0.250. The molecule has 94 valence electrons. The average Bonchev–Trinajstić information content (AvgIpc) is 2.29. The van der Waals surface area contributed by atoms with Gasteiger partial charge in [0.05, 0.1) is 0 Å². The van der Waals surface area contributed by atoms with Gasteiger partial charge < -0.3 is 5.32 Å². The molecule has 0 radical (unpaired) electrons. The van der Waals surface area contributed by atoms with Crippen molar-refractivity contribution in [3.63, 3.8) is 0 Å². The van der Waals surface area contributed by atoms with E-state index in [1.807, 2.05) is 18.8 Å². The molecule has 0 fully saturated rings. The fraction of sp³-hybridized carbons (Fsp3) is 0.429. The van der Waals surface area contributed by atoms with Gasteiger partial charge in [0.2, 0.25) is 0 Å². The van der Waals surface area contributed by atoms with Crippen molar-refractivity contribution in [1.82, 2.24) is 5.32 Å². The lowest BCUT2D eigenvalue weighted by atomic mass is 10.1. The Labute approximate surface area is 117 Å². The number of hydrogen-bond donors (Lipinski definition) is 1. The first-order valence-electron chi connectivity index (χ1n) is 5.82. The molecule has 0 amide bonds. The summed E-state index contributed by atoms with van der Waals surface area (Å²) in [4.78, 5) is 1.31. The molecule has 1 nitrogen and oxygen atoms in total. The minimum Gasteiger partial charge on any atom is -0.316 e. The van der Waals surface area contributed by atoms with Crippen molar-refractivity contribution in [2.75, 3.05) is 12.8 Å². The van der Waals surface area contributed by atoms with Crippen molar-refractivity contribution < 1.29 is 0 Å². The highest BCUT2D eigenvalue weighted by atomic mass is 79.9. The Morgan fingerprint density at radius 3 is 2.88 bits per heavy atom. The first-order valence-corrected chi connectivity index (χ1v) is 7.59. The summed E-state index contributed by atoms with van der Waals surface area (Å²) in [6.07, 6.45) is 2.26. The summed E-state index contributed by atoms with van der Waals surface area (Å²) in [5, 5.41) is 3.37. The van der Waals surface area contributed by atoms with Crippen molar-refractivity contribution in [3.8, 4) is 0 Å². The third kappa shape index (κ3) is 6.29. The van der Waals surface area contributed by atoms with Crippen molar-refractivity contribution in [2.45, 2.75) is 30.7 Å². The summed E-state index contributed by atoms with van der Waals surface area (Å²) >= 11 is 5.39. The molecule has 0 aliphatic heterocycles. The van der Waals surface area contributed by atoms with Gasteiger partial charge in [-0.15, -0.1) is 18.3 Å². The molecule has 0 aliphatic carbocycles. The molecule has 0 heterocycles. The number of thioether (sulfide) groups is 1. The molecule has 0 bridgehead atoms. The Morgan fingerprint density at radius 2 is 2.29 bits per heavy atom. The van der Waals surface area contributed by atoms with Crippen molar-refractivity contribution in [3.05, 3.63) is 40.9 Å². The van der Waals surface area contributed by atoms with E-state index in [-0.39, 0.29) is 0 Å². The maximum atomic E-state index is 3.95. The van der Waals surface area contributed by atoms with Gasteiger partial charge in [-0.1, -0.05) is 27.6 Å².